The third-order valence-electron chi connectivity index (χ3n) is 8.85. The molecule has 0 unspecified atom stereocenters. The van der Waals surface area contributed by atoms with Crippen LogP contribution in [0.3, 0.4) is 0 Å². The summed E-state index contributed by atoms with van der Waals surface area (Å²) in [5.74, 6) is 0. The summed E-state index contributed by atoms with van der Waals surface area (Å²) in [5.41, 5.74) is 12.7. The first-order valence-electron chi connectivity index (χ1n) is 13.9. The fourth-order valence-corrected chi connectivity index (χ4v) is 6.72. The maximum atomic E-state index is 9.38. The Morgan fingerprint density at radius 1 is 0.550 bits per heavy atom. The molecule has 0 N–H and O–H groups in total. The van der Waals surface area contributed by atoms with Gasteiger partial charge in [0.25, 0.3) is 0 Å². The number of benzene rings is 5. The van der Waals surface area contributed by atoms with E-state index >= 15 is 0 Å². The maximum Gasteiger partial charge on any atom is 0.0991 e. The van der Waals surface area contributed by atoms with Crippen molar-refractivity contribution < 1.29 is 0 Å². The van der Waals surface area contributed by atoms with Gasteiger partial charge in [0.15, 0.2) is 0 Å². The number of rotatable bonds is 3. The standard InChI is InChI=1S/C37H31N3/c1-36(2)29-13-8-9-16-33(29)40-34-22-21-28(23-32(34)37(3,4)31-15-10-14-30(36)35(31)40)39(26-11-6-5-7-12-26)27-19-17-25(24-38)18-20-27/h5-23H,1-4H3. The monoisotopic (exact) mass is 517 g/mol. The van der Waals surface area contributed by atoms with Gasteiger partial charge in [-0.2, -0.15) is 5.26 Å². The molecule has 0 spiro atoms. The fourth-order valence-electron chi connectivity index (χ4n) is 6.72. The van der Waals surface area contributed by atoms with E-state index < -0.39 is 0 Å². The molecule has 7 rings (SSSR count). The Morgan fingerprint density at radius 2 is 1.10 bits per heavy atom. The van der Waals surface area contributed by atoms with Gasteiger partial charge >= 0.3 is 0 Å². The minimum atomic E-state index is -0.206. The van der Waals surface area contributed by atoms with Crippen molar-refractivity contribution in [2.24, 2.45) is 0 Å². The number of para-hydroxylation sites is 3. The summed E-state index contributed by atoms with van der Waals surface area (Å²) in [6, 6.07) is 43.1. The molecule has 5 aromatic rings. The van der Waals surface area contributed by atoms with Crippen LogP contribution >= 0.6 is 0 Å². The second-order valence-electron chi connectivity index (χ2n) is 11.8. The maximum absolute atomic E-state index is 9.38. The summed E-state index contributed by atoms with van der Waals surface area (Å²) >= 11 is 0. The molecule has 0 aromatic heterocycles. The Balaban J connectivity index is 1.47. The zero-order valence-electron chi connectivity index (χ0n) is 23.3. The van der Waals surface area contributed by atoms with Gasteiger partial charge in [0.05, 0.1) is 28.7 Å². The van der Waals surface area contributed by atoms with E-state index in [9.17, 15) is 5.26 Å². The van der Waals surface area contributed by atoms with Gasteiger partial charge in [-0.15, -0.1) is 0 Å². The number of anilines is 6. The summed E-state index contributed by atoms with van der Waals surface area (Å²) in [6.45, 7) is 9.40. The highest BCUT2D eigenvalue weighted by Gasteiger charge is 2.45. The van der Waals surface area contributed by atoms with E-state index in [0.717, 1.165) is 17.1 Å². The molecule has 2 heterocycles. The average molecular weight is 518 g/mol. The SMILES string of the molecule is CC1(C)c2ccccc2N2c3ccc(N(c4ccccc4)c4ccc(C#N)cc4)cc3C(C)(C)c3cccc1c32. The molecule has 0 radical (unpaired) electrons. The van der Waals surface area contributed by atoms with E-state index in [1.807, 2.05) is 30.3 Å². The zero-order chi connectivity index (χ0) is 27.6. The predicted molar refractivity (Wildman–Crippen MR) is 165 cm³/mol. The van der Waals surface area contributed by atoms with Crippen LogP contribution in [0, 0.1) is 11.3 Å². The first kappa shape index (κ1) is 24.2. The molecule has 3 nitrogen and oxygen atoms in total. The highest BCUT2D eigenvalue weighted by Crippen LogP contribution is 2.60. The smallest absolute Gasteiger partial charge is 0.0991 e. The second-order valence-corrected chi connectivity index (χ2v) is 11.8. The van der Waals surface area contributed by atoms with E-state index in [2.05, 4.69) is 128 Å². The summed E-state index contributed by atoms with van der Waals surface area (Å²) in [6.07, 6.45) is 0. The van der Waals surface area contributed by atoms with Crippen molar-refractivity contribution in [2.45, 2.75) is 38.5 Å². The first-order chi connectivity index (χ1) is 19.3. The van der Waals surface area contributed by atoms with Crippen molar-refractivity contribution >= 4 is 34.1 Å². The lowest BCUT2D eigenvalue weighted by atomic mass is 9.66. The molecule has 0 atom stereocenters. The van der Waals surface area contributed by atoms with Crippen molar-refractivity contribution in [1.82, 2.24) is 0 Å². The Hall–Kier alpha value is -4.81. The molecule has 0 bridgehead atoms. The summed E-state index contributed by atoms with van der Waals surface area (Å²) in [7, 11) is 0. The number of fused-ring (bicyclic) bond motifs is 4. The van der Waals surface area contributed by atoms with Gasteiger partial charge in [-0.25, -0.2) is 0 Å². The largest absolute Gasteiger partial charge is 0.310 e. The van der Waals surface area contributed by atoms with Crippen LogP contribution in [0.4, 0.5) is 34.1 Å². The molecular formula is C37H31N3. The third-order valence-corrected chi connectivity index (χ3v) is 8.85. The van der Waals surface area contributed by atoms with Crippen LogP contribution in [0.25, 0.3) is 0 Å². The molecule has 194 valence electrons. The Morgan fingerprint density at radius 3 is 1.80 bits per heavy atom. The van der Waals surface area contributed by atoms with Gasteiger partial charge < -0.3 is 9.80 Å². The van der Waals surface area contributed by atoms with E-state index in [0.29, 0.717) is 5.56 Å². The minimum Gasteiger partial charge on any atom is -0.310 e. The topological polar surface area (TPSA) is 30.3 Å². The van der Waals surface area contributed by atoms with Crippen molar-refractivity contribution in [3.8, 4) is 6.07 Å². The van der Waals surface area contributed by atoms with E-state index in [-0.39, 0.29) is 10.8 Å². The molecule has 0 saturated carbocycles. The molecular weight excluding hydrogens is 486 g/mol. The predicted octanol–water partition coefficient (Wildman–Crippen LogP) is 9.78. The highest BCUT2D eigenvalue weighted by atomic mass is 15.2. The van der Waals surface area contributed by atoms with E-state index in [4.69, 9.17) is 0 Å². The van der Waals surface area contributed by atoms with Crippen molar-refractivity contribution in [3.63, 3.8) is 0 Å². The van der Waals surface area contributed by atoms with Crippen LogP contribution in [-0.4, -0.2) is 0 Å². The average Bonchev–Trinajstić information content (AvgIpc) is 2.98. The zero-order valence-corrected chi connectivity index (χ0v) is 23.3. The highest BCUT2D eigenvalue weighted by molar-refractivity contribution is 5.93. The summed E-state index contributed by atoms with van der Waals surface area (Å²) in [5, 5.41) is 9.38. The Kier molecular flexibility index (Phi) is 5.21. The number of hydrogen-bond donors (Lipinski definition) is 0. The molecule has 0 aliphatic carbocycles. The summed E-state index contributed by atoms with van der Waals surface area (Å²) in [4.78, 5) is 4.76. The lowest BCUT2D eigenvalue weighted by Crippen LogP contribution is -2.38. The first-order valence-corrected chi connectivity index (χ1v) is 13.9. The van der Waals surface area contributed by atoms with Crippen LogP contribution < -0.4 is 9.80 Å². The molecule has 3 heteroatoms. The van der Waals surface area contributed by atoms with Gasteiger partial charge in [-0.05, 0) is 82.9 Å². The number of nitrogens with zero attached hydrogens (tertiary/aromatic N) is 3. The fraction of sp³-hybridized carbons (Fsp3) is 0.162. The Bertz CT molecular complexity index is 1810. The number of hydrogen-bond acceptors (Lipinski definition) is 3. The van der Waals surface area contributed by atoms with Crippen LogP contribution in [0.15, 0.2) is 115 Å². The lowest BCUT2D eigenvalue weighted by Gasteiger charge is -2.49. The molecule has 5 aromatic carbocycles. The van der Waals surface area contributed by atoms with Crippen molar-refractivity contribution in [2.75, 3.05) is 9.80 Å². The summed E-state index contributed by atoms with van der Waals surface area (Å²) < 4.78 is 0. The molecule has 2 aliphatic rings. The van der Waals surface area contributed by atoms with E-state index in [1.54, 1.807) is 0 Å². The van der Waals surface area contributed by atoms with Gasteiger partial charge in [0, 0.05) is 27.9 Å². The molecule has 0 fully saturated rings. The van der Waals surface area contributed by atoms with Crippen molar-refractivity contribution in [3.05, 3.63) is 143 Å². The normalized spacial score (nSPS) is 15.3. The second kappa shape index (κ2) is 8.60. The van der Waals surface area contributed by atoms with Crippen LogP contribution in [0.5, 0.6) is 0 Å². The third kappa shape index (κ3) is 3.36. The molecule has 0 amide bonds. The molecule has 40 heavy (non-hydrogen) atoms. The van der Waals surface area contributed by atoms with Crippen LogP contribution in [-0.2, 0) is 10.8 Å². The molecule has 0 saturated heterocycles. The van der Waals surface area contributed by atoms with Gasteiger partial charge in [-0.3, -0.25) is 0 Å². The minimum absolute atomic E-state index is 0.0916. The van der Waals surface area contributed by atoms with Crippen molar-refractivity contribution in [1.29, 1.82) is 5.26 Å². The van der Waals surface area contributed by atoms with Gasteiger partial charge in [0.2, 0.25) is 0 Å². The van der Waals surface area contributed by atoms with E-state index in [1.165, 1.54) is 39.3 Å². The Labute approximate surface area is 236 Å². The number of nitriles is 1. The lowest BCUT2D eigenvalue weighted by molar-refractivity contribution is 0.597. The van der Waals surface area contributed by atoms with Gasteiger partial charge in [-0.1, -0.05) is 82.3 Å². The quantitative estimate of drug-likeness (QED) is 0.239. The van der Waals surface area contributed by atoms with Crippen LogP contribution in [0.2, 0.25) is 0 Å². The van der Waals surface area contributed by atoms with Gasteiger partial charge in [0.1, 0.15) is 0 Å². The molecule has 2 aliphatic heterocycles. The van der Waals surface area contributed by atoms with Crippen LogP contribution in [0.1, 0.15) is 55.5 Å².